The number of nitrogens with zero attached hydrogens (tertiary/aromatic N) is 4. The Morgan fingerprint density at radius 3 is 2.42 bits per heavy atom. The molecule has 7 heteroatoms. The molecule has 1 saturated heterocycles. The SMILES string of the molecule is O=S(=O)(c1cn(C2CCCC2)nc1-c1ccccc1)N1CCCCC1c1cccnc1. The molecule has 1 atom stereocenters. The predicted octanol–water partition coefficient (Wildman–Crippen LogP) is 4.98. The van der Waals surface area contributed by atoms with Crippen molar-refractivity contribution in [1.29, 1.82) is 0 Å². The zero-order valence-corrected chi connectivity index (χ0v) is 18.4. The van der Waals surface area contributed by atoms with Gasteiger partial charge in [0.25, 0.3) is 0 Å². The van der Waals surface area contributed by atoms with Gasteiger partial charge in [-0.3, -0.25) is 9.67 Å². The summed E-state index contributed by atoms with van der Waals surface area (Å²) >= 11 is 0. The highest BCUT2D eigenvalue weighted by atomic mass is 32.2. The molecule has 0 N–H and O–H groups in total. The number of sulfonamides is 1. The minimum absolute atomic E-state index is 0.189. The van der Waals surface area contributed by atoms with Crippen molar-refractivity contribution in [3.8, 4) is 11.3 Å². The molecule has 5 rings (SSSR count). The summed E-state index contributed by atoms with van der Waals surface area (Å²) in [4.78, 5) is 4.55. The average molecular weight is 437 g/mol. The highest BCUT2D eigenvalue weighted by molar-refractivity contribution is 7.89. The fourth-order valence-electron chi connectivity index (χ4n) is 4.94. The molecule has 0 bridgehead atoms. The van der Waals surface area contributed by atoms with Gasteiger partial charge in [-0.15, -0.1) is 0 Å². The summed E-state index contributed by atoms with van der Waals surface area (Å²) in [7, 11) is -3.72. The monoisotopic (exact) mass is 436 g/mol. The van der Waals surface area contributed by atoms with Crippen LogP contribution >= 0.6 is 0 Å². The van der Waals surface area contributed by atoms with Crippen LogP contribution in [-0.2, 0) is 10.0 Å². The Bertz CT molecular complexity index is 1120. The van der Waals surface area contributed by atoms with Crippen LogP contribution in [0, 0.1) is 0 Å². The molecule has 1 saturated carbocycles. The largest absolute Gasteiger partial charge is 0.268 e. The Morgan fingerprint density at radius 1 is 0.903 bits per heavy atom. The molecule has 2 aliphatic rings. The number of aromatic nitrogens is 3. The maximum Gasteiger partial charge on any atom is 0.247 e. The number of pyridine rings is 1. The highest BCUT2D eigenvalue weighted by Gasteiger charge is 2.38. The van der Waals surface area contributed by atoms with E-state index in [1.807, 2.05) is 47.1 Å². The highest BCUT2D eigenvalue weighted by Crippen LogP contribution is 2.39. The van der Waals surface area contributed by atoms with Crippen molar-refractivity contribution in [2.45, 2.75) is 61.9 Å². The lowest BCUT2D eigenvalue weighted by atomic mass is 9.99. The number of hydrogen-bond donors (Lipinski definition) is 0. The van der Waals surface area contributed by atoms with E-state index < -0.39 is 10.0 Å². The fourth-order valence-corrected chi connectivity index (χ4v) is 6.77. The molecule has 0 radical (unpaired) electrons. The zero-order valence-electron chi connectivity index (χ0n) is 17.6. The summed E-state index contributed by atoms with van der Waals surface area (Å²) in [6, 6.07) is 13.6. The molecule has 0 spiro atoms. The lowest BCUT2D eigenvalue weighted by Gasteiger charge is -2.34. The average Bonchev–Trinajstić information content (AvgIpc) is 3.51. The van der Waals surface area contributed by atoms with Crippen LogP contribution in [-0.4, -0.2) is 34.0 Å². The number of piperidine rings is 1. The Labute approximate surface area is 184 Å². The second-order valence-corrected chi connectivity index (χ2v) is 10.4. The molecule has 2 fully saturated rings. The van der Waals surface area contributed by atoms with Crippen molar-refractivity contribution in [2.24, 2.45) is 0 Å². The molecule has 1 aromatic carbocycles. The van der Waals surface area contributed by atoms with Gasteiger partial charge < -0.3 is 0 Å². The van der Waals surface area contributed by atoms with Crippen molar-refractivity contribution in [1.82, 2.24) is 19.1 Å². The van der Waals surface area contributed by atoms with Crippen LogP contribution in [0.15, 0.2) is 66.0 Å². The molecule has 2 aromatic heterocycles. The van der Waals surface area contributed by atoms with Crippen LogP contribution in [0.1, 0.15) is 62.6 Å². The summed E-state index contributed by atoms with van der Waals surface area (Å²) < 4.78 is 31.7. The normalized spacial score (nSPS) is 20.8. The lowest BCUT2D eigenvalue weighted by Crippen LogP contribution is -2.38. The van der Waals surface area contributed by atoms with Gasteiger partial charge in [0.05, 0.1) is 12.1 Å². The molecule has 0 amide bonds. The smallest absolute Gasteiger partial charge is 0.247 e. The summed E-state index contributed by atoms with van der Waals surface area (Å²) in [6.07, 6.45) is 12.4. The summed E-state index contributed by atoms with van der Waals surface area (Å²) in [5.74, 6) is 0. The molecule has 6 nitrogen and oxygen atoms in total. The van der Waals surface area contributed by atoms with Crippen molar-refractivity contribution in [3.63, 3.8) is 0 Å². The van der Waals surface area contributed by atoms with E-state index in [9.17, 15) is 8.42 Å². The Kier molecular flexibility index (Phi) is 5.63. The molecule has 3 aromatic rings. The van der Waals surface area contributed by atoms with Gasteiger partial charge in [-0.25, -0.2) is 8.42 Å². The van der Waals surface area contributed by atoms with E-state index in [0.29, 0.717) is 17.1 Å². The van der Waals surface area contributed by atoms with Crippen LogP contribution in [0.4, 0.5) is 0 Å². The first kappa shape index (κ1) is 20.4. The minimum atomic E-state index is -3.72. The molecular formula is C24H28N4O2S. The topological polar surface area (TPSA) is 68.1 Å². The predicted molar refractivity (Wildman–Crippen MR) is 120 cm³/mol. The van der Waals surface area contributed by atoms with E-state index in [1.165, 1.54) is 12.8 Å². The molecule has 3 heterocycles. The van der Waals surface area contributed by atoms with E-state index in [0.717, 1.165) is 43.2 Å². The van der Waals surface area contributed by atoms with E-state index in [1.54, 1.807) is 22.9 Å². The van der Waals surface area contributed by atoms with Crippen LogP contribution in [0.2, 0.25) is 0 Å². The van der Waals surface area contributed by atoms with Crippen LogP contribution in [0.25, 0.3) is 11.3 Å². The third-order valence-corrected chi connectivity index (χ3v) is 8.46. The summed E-state index contributed by atoms with van der Waals surface area (Å²) in [6.45, 7) is 0.519. The lowest BCUT2D eigenvalue weighted by molar-refractivity contribution is 0.255. The van der Waals surface area contributed by atoms with E-state index in [2.05, 4.69) is 4.98 Å². The van der Waals surface area contributed by atoms with Gasteiger partial charge in [0.1, 0.15) is 10.6 Å². The van der Waals surface area contributed by atoms with Gasteiger partial charge in [0.15, 0.2) is 0 Å². The van der Waals surface area contributed by atoms with Crippen LogP contribution in [0.3, 0.4) is 0 Å². The maximum absolute atomic E-state index is 14.0. The second-order valence-electron chi connectivity index (χ2n) is 8.54. The van der Waals surface area contributed by atoms with Gasteiger partial charge in [0.2, 0.25) is 10.0 Å². The third-order valence-electron chi connectivity index (χ3n) is 6.55. The van der Waals surface area contributed by atoms with Gasteiger partial charge in [0, 0.05) is 30.7 Å². The Balaban J connectivity index is 1.60. The molecule has 31 heavy (non-hydrogen) atoms. The van der Waals surface area contributed by atoms with E-state index >= 15 is 0 Å². The van der Waals surface area contributed by atoms with Crippen molar-refractivity contribution in [3.05, 3.63) is 66.6 Å². The van der Waals surface area contributed by atoms with E-state index in [-0.39, 0.29) is 12.1 Å². The van der Waals surface area contributed by atoms with Gasteiger partial charge >= 0.3 is 0 Å². The molecule has 1 aliphatic carbocycles. The van der Waals surface area contributed by atoms with Gasteiger partial charge in [-0.1, -0.05) is 55.7 Å². The van der Waals surface area contributed by atoms with Gasteiger partial charge in [-0.2, -0.15) is 9.40 Å². The quantitative estimate of drug-likeness (QED) is 0.566. The van der Waals surface area contributed by atoms with Crippen LogP contribution in [0.5, 0.6) is 0 Å². The van der Waals surface area contributed by atoms with Crippen molar-refractivity contribution < 1.29 is 8.42 Å². The first-order valence-corrected chi connectivity index (χ1v) is 12.6. The number of rotatable bonds is 5. The zero-order chi connectivity index (χ0) is 21.3. The maximum atomic E-state index is 14.0. The van der Waals surface area contributed by atoms with E-state index in [4.69, 9.17) is 5.10 Å². The van der Waals surface area contributed by atoms with Crippen molar-refractivity contribution in [2.75, 3.05) is 6.54 Å². The van der Waals surface area contributed by atoms with Crippen LogP contribution < -0.4 is 0 Å². The Morgan fingerprint density at radius 2 is 1.68 bits per heavy atom. The van der Waals surface area contributed by atoms with Gasteiger partial charge in [-0.05, 0) is 37.3 Å². The summed E-state index contributed by atoms with van der Waals surface area (Å²) in [5, 5.41) is 4.82. The molecule has 1 aliphatic heterocycles. The second kappa shape index (κ2) is 8.55. The standard InChI is InChI=1S/C24H28N4O2S/c29-31(30,28-16-7-6-14-22(28)20-11-8-15-25-17-20)23-18-27(21-12-4-5-13-21)26-24(23)19-9-2-1-3-10-19/h1-3,8-11,15,17-18,21-22H,4-7,12-14,16H2. The molecule has 162 valence electrons. The minimum Gasteiger partial charge on any atom is -0.268 e. The summed E-state index contributed by atoms with van der Waals surface area (Å²) in [5.41, 5.74) is 2.35. The Hall–Kier alpha value is -2.51. The molecular weight excluding hydrogens is 408 g/mol. The number of benzene rings is 1. The number of hydrogen-bond acceptors (Lipinski definition) is 4. The fraction of sp³-hybridized carbons (Fsp3) is 0.417. The first-order valence-electron chi connectivity index (χ1n) is 11.2. The van der Waals surface area contributed by atoms with Crippen molar-refractivity contribution >= 4 is 10.0 Å². The third kappa shape index (κ3) is 3.92. The molecule has 1 unspecified atom stereocenters. The first-order chi connectivity index (χ1) is 15.1.